The lowest BCUT2D eigenvalue weighted by Gasteiger charge is -2.05. The van der Waals surface area contributed by atoms with Crippen LogP contribution >= 0.6 is 34.2 Å². The van der Waals surface area contributed by atoms with Gasteiger partial charge >= 0.3 is 0 Å². The Balaban J connectivity index is 2.39. The molecule has 1 rings (SSSR count). The van der Waals surface area contributed by atoms with Crippen molar-refractivity contribution in [1.29, 1.82) is 0 Å². The maximum absolute atomic E-state index is 11.7. The van der Waals surface area contributed by atoms with Gasteiger partial charge < -0.3 is 10.4 Å². The van der Waals surface area contributed by atoms with E-state index in [1.54, 1.807) is 12.1 Å². The normalized spacial score (nSPS) is 10.2. The van der Waals surface area contributed by atoms with Crippen molar-refractivity contribution >= 4 is 40.1 Å². The van der Waals surface area contributed by atoms with Crippen molar-refractivity contribution in [2.75, 3.05) is 12.4 Å². The number of carbonyl (C=O) groups excluding carboxylic acids is 1. The summed E-state index contributed by atoms with van der Waals surface area (Å²) in [6.45, 7) is 0.641. The monoisotopic (exact) mass is 367 g/mol. The molecule has 17 heavy (non-hydrogen) atoms. The fourth-order valence-corrected chi connectivity index (χ4v) is 1.88. The zero-order valence-electron chi connectivity index (χ0n) is 9.38. The summed E-state index contributed by atoms with van der Waals surface area (Å²) >= 11 is 7.57. The lowest BCUT2D eigenvalue weighted by atomic mass is 10.2. The first-order valence-electron chi connectivity index (χ1n) is 5.48. The molecule has 0 radical (unpaired) electrons. The number of hydrogen-bond donors (Lipinski definition) is 2. The van der Waals surface area contributed by atoms with Crippen LogP contribution in [0.1, 0.15) is 29.6 Å². The molecule has 0 saturated carbocycles. The van der Waals surface area contributed by atoms with E-state index in [2.05, 4.69) is 5.32 Å². The Kier molecular flexibility index (Phi) is 6.65. The molecule has 0 fully saturated rings. The number of carbonyl (C=O) groups is 1. The van der Waals surface area contributed by atoms with Crippen molar-refractivity contribution in [2.45, 2.75) is 19.3 Å². The predicted octanol–water partition coefficient (Wildman–Crippen LogP) is 3.14. The summed E-state index contributed by atoms with van der Waals surface area (Å²) < 4.78 is 0.737. The summed E-state index contributed by atoms with van der Waals surface area (Å²) in [5, 5.41) is 12.3. The zero-order valence-corrected chi connectivity index (χ0v) is 12.3. The van der Waals surface area contributed by atoms with Crippen molar-refractivity contribution in [3.8, 4) is 5.75 Å². The van der Waals surface area contributed by atoms with Crippen LogP contribution in [-0.4, -0.2) is 23.4 Å². The highest BCUT2D eigenvalue weighted by Crippen LogP contribution is 2.20. The van der Waals surface area contributed by atoms with E-state index in [0.717, 1.165) is 22.8 Å². The predicted molar refractivity (Wildman–Crippen MR) is 77.7 cm³/mol. The fraction of sp³-hybridized carbons (Fsp3) is 0.417. The van der Waals surface area contributed by atoms with Gasteiger partial charge in [0, 0.05) is 18.0 Å². The first-order valence-corrected chi connectivity index (χ1v) is 7.09. The number of rotatable bonds is 6. The molecule has 0 heterocycles. The number of hydrogen-bond acceptors (Lipinski definition) is 2. The minimum Gasteiger partial charge on any atom is -0.507 e. The molecule has 94 valence electrons. The average molecular weight is 368 g/mol. The van der Waals surface area contributed by atoms with Crippen LogP contribution in [0.25, 0.3) is 0 Å². The Bertz CT molecular complexity index is 385. The second-order valence-corrected chi connectivity index (χ2v) is 5.21. The van der Waals surface area contributed by atoms with Crippen LogP contribution in [0.2, 0.25) is 0 Å². The van der Waals surface area contributed by atoms with E-state index in [-0.39, 0.29) is 11.7 Å². The number of alkyl halides is 1. The highest BCUT2D eigenvalue weighted by Gasteiger charge is 2.07. The average Bonchev–Trinajstić information content (AvgIpc) is 2.32. The molecule has 0 spiro atoms. The summed E-state index contributed by atoms with van der Waals surface area (Å²) in [5.41, 5.74) is 0.486. The molecule has 2 N–H and O–H groups in total. The fourth-order valence-electron chi connectivity index (χ4n) is 1.35. The van der Waals surface area contributed by atoms with Crippen LogP contribution in [0.5, 0.6) is 5.75 Å². The van der Waals surface area contributed by atoms with Crippen molar-refractivity contribution in [3.63, 3.8) is 0 Å². The third-order valence-corrected chi connectivity index (χ3v) is 3.48. The summed E-state index contributed by atoms with van der Waals surface area (Å²) in [5.74, 6) is 0.654. The van der Waals surface area contributed by atoms with Gasteiger partial charge in [-0.25, -0.2) is 0 Å². The van der Waals surface area contributed by atoms with Gasteiger partial charge in [-0.15, -0.1) is 11.6 Å². The molecule has 0 aliphatic carbocycles. The third-order valence-electron chi connectivity index (χ3n) is 2.30. The Morgan fingerprint density at radius 1 is 1.35 bits per heavy atom. The maximum atomic E-state index is 11.7. The van der Waals surface area contributed by atoms with E-state index >= 15 is 0 Å². The topological polar surface area (TPSA) is 49.3 Å². The molecular formula is C12H15ClINO2. The maximum Gasteiger partial charge on any atom is 0.251 e. The van der Waals surface area contributed by atoms with Gasteiger partial charge in [0.1, 0.15) is 5.75 Å². The van der Waals surface area contributed by atoms with Gasteiger partial charge in [-0.05, 0) is 53.6 Å². The molecule has 5 heteroatoms. The van der Waals surface area contributed by atoms with Gasteiger partial charge in [0.2, 0.25) is 0 Å². The van der Waals surface area contributed by atoms with E-state index in [1.807, 2.05) is 22.6 Å². The van der Waals surface area contributed by atoms with Gasteiger partial charge in [0.25, 0.3) is 5.91 Å². The van der Waals surface area contributed by atoms with Crippen LogP contribution in [0, 0.1) is 3.57 Å². The molecule has 0 atom stereocenters. The number of phenolic OH excluding ortho intramolecular Hbond substituents is 1. The molecule has 3 nitrogen and oxygen atoms in total. The Morgan fingerprint density at radius 2 is 2.12 bits per heavy atom. The molecule has 0 aromatic heterocycles. The summed E-state index contributed by atoms with van der Waals surface area (Å²) in [6, 6.07) is 4.91. The Labute approximate surface area is 120 Å². The highest BCUT2D eigenvalue weighted by molar-refractivity contribution is 14.1. The molecule has 1 amide bonds. The van der Waals surface area contributed by atoms with Gasteiger partial charge in [0.15, 0.2) is 0 Å². The molecule has 1 aromatic carbocycles. The summed E-state index contributed by atoms with van der Waals surface area (Å²) in [4.78, 5) is 11.7. The molecule has 0 saturated heterocycles. The molecule has 0 aliphatic heterocycles. The number of halogens is 2. The second-order valence-electron chi connectivity index (χ2n) is 3.67. The van der Waals surface area contributed by atoms with Gasteiger partial charge in [-0.1, -0.05) is 6.42 Å². The lowest BCUT2D eigenvalue weighted by molar-refractivity contribution is 0.0952. The van der Waals surface area contributed by atoms with Crippen LogP contribution < -0.4 is 5.32 Å². The minimum absolute atomic E-state index is 0.139. The molecule has 1 aromatic rings. The van der Waals surface area contributed by atoms with Crippen LogP contribution in [0.4, 0.5) is 0 Å². The zero-order chi connectivity index (χ0) is 12.7. The SMILES string of the molecule is O=C(NCCCCCCl)c1ccc(I)c(O)c1. The van der Waals surface area contributed by atoms with Gasteiger partial charge in [-0.2, -0.15) is 0 Å². The van der Waals surface area contributed by atoms with E-state index in [1.165, 1.54) is 6.07 Å². The van der Waals surface area contributed by atoms with Gasteiger partial charge in [0.05, 0.1) is 3.57 Å². The number of nitrogens with one attached hydrogen (secondary N) is 1. The quantitative estimate of drug-likeness (QED) is 0.461. The van der Waals surface area contributed by atoms with Crippen molar-refractivity contribution in [1.82, 2.24) is 5.32 Å². The number of amides is 1. The van der Waals surface area contributed by atoms with Crippen LogP contribution in [0.15, 0.2) is 18.2 Å². The summed E-state index contributed by atoms with van der Waals surface area (Å²) in [7, 11) is 0. The standard InChI is InChI=1S/C12H15ClINO2/c13-6-2-1-3-7-15-12(17)9-4-5-10(14)11(16)8-9/h4-5,8,16H,1-3,6-7H2,(H,15,17). The molecule has 0 unspecified atom stereocenters. The highest BCUT2D eigenvalue weighted by atomic mass is 127. The van der Waals surface area contributed by atoms with Crippen LogP contribution in [-0.2, 0) is 0 Å². The number of benzene rings is 1. The lowest BCUT2D eigenvalue weighted by Crippen LogP contribution is -2.24. The van der Waals surface area contributed by atoms with Crippen molar-refractivity contribution in [2.24, 2.45) is 0 Å². The van der Waals surface area contributed by atoms with Crippen LogP contribution in [0.3, 0.4) is 0 Å². The third kappa shape index (κ3) is 5.12. The largest absolute Gasteiger partial charge is 0.507 e. The Morgan fingerprint density at radius 3 is 2.76 bits per heavy atom. The number of unbranched alkanes of at least 4 members (excludes halogenated alkanes) is 2. The van der Waals surface area contributed by atoms with Crippen molar-refractivity contribution in [3.05, 3.63) is 27.3 Å². The summed E-state index contributed by atoms with van der Waals surface area (Å²) in [6.07, 6.45) is 2.91. The minimum atomic E-state index is -0.150. The van der Waals surface area contributed by atoms with E-state index < -0.39 is 0 Å². The first-order chi connectivity index (χ1) is 8.15. The molecule has 0 bridgehead atoms. The van der Waals surface area contributed by atoms with E-state index in [4.69, 9.17) is 11.6 Å². The second kappa shape index (κ2) is 7.76. The first kappa shape index (κ1) is 14.6. The number of aromatic hydroxyl groups is 1. The van der Waals surface area contributed by atoms with E-state index in [0.29, 0.717) is 18.0 Å². The molecule has 0 aliphatic rings. The number of phenols is 1. The van der Waals surface area contributed by atoms with E-state index in [9.17, 15) is 9.90 Å². The van der Waals surface area contributed by atoms with Gasteiger partial charge in [-0.3, -0.25) is 4.79 Å². The smallest absolute Gasteiger partial charge is 0.251 e. The van der Waals surface area contributed by atoms with Crippen molar-refractivity contribution < 1.29 is 9.90 Å². The molecular weight excluding hydrogens is 352 g/mol. The Hall–Kier alpha value is -0.490.